The molecule has 8 heteroatoms. The van der Waals surface area contributed by atoms with Crippen molar-refractivity contribution in [2.75, 3.05) is 31.5 Å². The molecule has 0 aliphatic rings. The van der Waals surface area contributed by atoms with Gasteiger partial charge in [0.05, 0.1) is 4.90 Å². The van der Waals surface area contributed by atoms with Crippen molar-refractivity contribution in [3.63, 3.8) is 0 Å². The van der Waals surface area contributed by atoms with Gasteiger partial charge in [0, 0.05) is 37.1 Å². The number of rotatable bonds is 10. The molecule has 148 valence electrons. The van der Waals surface area contributed by atoms with Crippen LogP contribution in [0, 0.1) is 0 Å². The van der Waals surface area contributed by atoms with E-state index in [9.17, 15) is 13.2 Å². The number of nitrogens with zero attached hydrogens (tertiary/aromatic N) is 2. The number of carbonyl (C=O) groups is 1. The van der Waals surface area contributed by atoms with E-state index < -0.39 is 10.0 Å². The minimum absolute atomic E-state index is 0.191. The van der Waals surface area contributed by atoms with Crippen LogP contribution >= 0.6 is 11.3 Å². The standard InChI is InChI=1S/C19H27N3O3S2/c1-4-21(5-2)12-13-22(15-18-7-6-14-26-18)27(24,25)19-10-8-17(9-11-19)20-16(3)23/h6-11,14H,4-5,12-13,15H2,1-3H3,(H,20,23). The van der Waals surface area contributed by atoms with Gasteiger partial charge in [0.1, 0.15) is 0 Å². The lowest BCUT2D eigenvalue weighted by atomic mass is 10.3. The van der Waals surface area contributed by atoms with Crippen molar-refractivity contribution in [2.24, 2.45) is 0 Å². The Kier molecular flexibility index (Phi) is 7.97. The van der Waals surface area contributed by atoms with E-state index in [0.717, 1.165) is 18.0 Å². The quantitative estimate of drug-likeness (QED) is 0.654. The van der Waals surface area contributed by atoms with Crippen LogP contribution in [0.2, 0.25) is 0 Å². The van der Waals surface area contributed by atoms with Crippen LogP contribution in [0.15, 0.2) is 46.7 Å². The fraction of sp³-hybridized carbons (Fsp3) is 0.421. The normalized spacial score (nSPS) is 11.9. The average Bonchev–Trinajstić information content (AvgIpc) is 3.14. The molecule has 1 heterocycles. The first kappa shape index (κ1) is 21.6. The molecular formula is C19H27N3O3S2. The van der Waals surface area contributed by atoms with Crippen molar-refractivity contribution in [1.29, 1.82) is 0 Å². The first-order valence-electron chi connectivity index (χ1n) is 8.99. The van der Waals surface area contributed by atoms with Gasteiger partial charge in [-0.2, -0.15) is 4.31 Å². The molecule has 0 radical (unpaired) electrons. The van der Waals surface area contributed by atoms with E-state index in [1.807, 2.05) is 17.5 Å². The second-order valence-corrected chi connectivity index (χ2v) is 9.12. The van der Waals surface area contributed by atoms with Gasteiger partial charge in [0.2, 0.25) is 15.9 Å². The Balaban J connectivity index is 2.23. The lowest BCUT2D eigenvalue weighted by Crippen LogP contribution is -2.38. The van der Waals surface area contributed by atoms with Crippen LogP contribution in [0.5, 0.6) is 0 Å². The number of anilines is 1. The maximum absolute atomic E-state index is 13.2. The SMILES string of the molecule is CCN(CC)CCN(Cc1cccs1)S(=O)(=O)c1ccc(NC(C)=O)cc1. The smallest absolute Gasteiger partial charge is 0.243 e. The van der Waals surface area contributed by atoms with Crippen LogP contribution in [0.4, 0.5) is 5.69 Å². The second-order valence-electron chi connectivity index (χ2n) is 6.15. The van der Waals surface area contributed by atoms with Gasteiger partial charge in [-0.15, -0.1) is 11.3 Å². The highest BCUT2D eigenvalue weighted by molar-refractivity contribution is 7.89. The molecule has 27 heavy (non-hydrogen) atoms. The predicted octanol–water partition coefficient (Wildman–Crippen LogP) is 3.24. The molecule has 0 saturated carbocycles. The fourth-order valence-corrected chi connectivity index (χ4v) is 4.93. The van der Waals surface area contributed by atoms with Gasteiger partial charge in [-0.05, 0) is 48.8 Å². The highest BCUT2D eigenvalue weighted by atomic mass is 32.2. The maximum atomic E-state index is 13.2. The van der Waals surface area contributed by atoms with Crippen molar-refractivity contribution < 1.29 is 13.2 Å². The number of benzene rings is 1. The molecule has 6 nitrogen and oxygen atoms in total. The molecule has 0 atom stereocenters. The third-order valence-corrected chi connectivity index (χ3v) is 7.01. The third kappa shape index (κ3) is 6.14. The number of hydrogen-bond acceptors (Lipinski definition) is 5. The molecule has 2 aromatic rings. The Morgan fingerprint density at radius 1 is 1.07 bits per heavy atom. The summed E-state index contributed by atoms with van der Waals surface area (Å²) in [5, 5.41) is 4.60. The first-order valence-corrected chi connectivity index (χ1v) is 11.3. The van der Waals surface area contributed by atoms with Gasteiger partial charge in [-0.1, -0.05) is 19.9 Å². The molecule has 0 saturated heterocycles. The largest absolute Gasteiger partial charge is 0.326 e. The number of amides is 1. The first-order chi connectivity index (χ1) is 12.9. The molecule has 0 bridgehead atoms. The third-order valence-electron chi connectivity index (χ3n) is 4.28. The number of sulfonamides is 1. The Bertz CT molecular complexity index is 814. The highest BCUT2D eigenvalue weighted by Crippen LogP contribution is 2.22. The molecule has 1 N–H and O–H groups in total. The number of nitrogens with one attached hydrogen (secondary N) is 1. The summed E-state index contributed by atoms with van der Waals surface area (Å²) in [4.78, 5) is 14.6. The topological polar surface area (TPSA) is 69.7 Å². The Labute approximate surface area is 165 Å². The van der Waals surface area contributed by atoms with E-state index in [0.29, 0.717) is 25.3 Å². The Morgan fingerprint density at radius 3 is 2.26 bits per heavy atom. The van der Waals surface area contributed by atoms with E-state index in [4.69, 9.17) is 0 Å². The summed E-state index contributed by atoms with van der Waals surface area (Å²) in [6, 6.07) is 10.2. The summed E-state index contributed by atoms with van der Waals surface area (Å²) in [5.74, 6) is -0.191. The number of thiophene rings is 1. The van der Waals surface area contributed by atoms with E-state index >= 15 is 0 Å². The van der Waals surface area contributed by atoms with Crippen LogP contribution in [0.25, 0.3) is 0 Å². The second kappa shape index (κ2) is 9.98. The summed E-state index contributed by atoms with van der Waals surface area (Å²) in [7, 11) is -3.63. The molecule has 1 aromatic heterocycles. The van der Waals surface area contributed by atoms with Crippen molar-refractivity contribution in [3.8, 4) is 0 Å². The van der Waals surface area contributed by atoms with Crippen LogP contribution in [0.3, 0.4) is 0 Å². The molecule has 2 rings (SSSR count). The molecule has 0 unspecified atom stereocenters. The van der Waals surface area contributed by atoms with Gasteiger partial charge in [-0.3, -0.25) is 4.79 Å². The van der Waals surface area contributed by atoms with Gasteiger partial charge in [0.25, 0.3) is 0 Å². The van der Waals surface area contributed by atoms with Crippen LogP contribution in [0.1, 0.15) is 25.6 Å². The molecule has 0 aliphatic heterocycles. The Morgan fingerprint density at radius 2 is 1.74 bits per heavy atom. The summed E-state index contributed by atoms with van der Waals surface area (Å²) in [5.41, 5.74) is 0.578. The predicted molar refractivity (Wildman–Crippen MR) is 110 cm³/mol. The molecular weight excluding hydrogens is 382 g/mol. The lowest BCUT2D eigenvalue weighted by molar-refractivity contribution is -0.114. The van der Waals surface area contributed by atoms with E-state index in [-0.39, 0.29) is 10.8 Å². The number of carbonyl (C=O) groups excluding carboxylic acids is 1. The van der Waals surface area contributed by atoms with Crippen molar-refractivity contribution in [3.05, 3.63) is 46.7 Å². The summed E-state index contributed by atoms with van der Waals surface area (Å²) >= 11 is 1.55. The monoisotopic (exact) mass is 409 g/mol. The molecule has 0 aliphatic carbocycles. The van der Waals surface area contributed by atoms with Crippen LogP contribution in [-0.2, 0) is 21.4 Å². The maximum Gasteiger partial charge on any atom is 0.243 e. The number of hydrogen-bond donors (Lipinski definition) is 1. The van der Waals surface area contributed by atoms with Gasteiger partial charge >= 0.3 is 0 Å². The highest BCUT2D eigenvalue weighted by Gasteiger charge is 2.25. The zero-order valence-electron chi connectivity index (χ0n) is 16.0. The molecule has 0 fully saturated rings. The zero-order valence-corrected chi connectivity index (χ0v) is 17.6. The molecule has 1 amide bonds. The lowest BCUT2D eigenvalue weighted by Gasteiger charge is -2.25. The summed E-state index contributed by atoms with van der Waals surface area (Å²) in [6.45, 7) is 8.79. The minimum atomic E-state index is -3.63. The minimum Gasteiger partial charge on any atom is -0.326 e. The zero-order chi connectivity index (χ0) is 19.9. The van der Waals surface area contributed by atoms with E-state index in [1.165, 1.54) is 11.2 Å². The van der Waals surface area contributed by atoms with Crippen LogP contribution < -0.4 is 5.32 Å². The Hall–Kier alpha value is -1.74. The fourth-order valence-electron chi connectivity index (χ4n) is 2.72. The molecule has 1 aromatic carbocycles. The van der Waals surface area contributed by atoms with Gasteiger partial charge < -0.3 is 10.2 Å². The molecule has 0 spiro atoms. The summed E-state index contributed by atoms with van der Waals surface area (Å²) in [6.07, 6.45) is 0. The van der Waals surface area contributed by atoms with Crippen molar-refractivity contribution in [2.45, 2.75) is 32.2 Å². The van der Waals surface area contributed by atoms with E-state index in [1.54, 1.807) is 35.6 Å². The summed E-state index contributed by atoms with van der Waals surface area (Å²) < 4.78 is 27.9. The van der Waals surface area contributed by atoms with Gasteiger partial charge in [-0.25, -0.2) is 8.42 Å². The van der Waals surface area contributed by atoms with Crippen LogP contribution in [-0.4, -0.2) is 49.7 Å². The number of likely N-dealkylation sites (N-methyl/N-ethyl adjacent to an activating group) is 1. The average molecular weight is 410 g/mol. The van der Waals surface area contributed by atoms with E-state index in [2.05, 4.69) is 24.1 Å². The van der Waals surface area contributed by atoms with Gasteiger partial charge in [0.15, 0.2) is 0 Å². The van der Waals surface area contributed by atoms with Crippen molar-refractivity contribution in [1.82, 2.24) is 9.21 Å². The van der Waals surface area contributed by atoms with Crippen molar-refractivity contribution >= 4 is 33.0 Å².